The van der Waals surface area contributed by atoms with Gasteiger partial charge in [0.1, 0.15) is 0 Å². The van der Waals surface area contributed by atoms with Crippen molar-refractivity contribution in [1.82, 2.24) is 10.6 Å². The fraction of sp³-hybridized carbons (Fsp3) is 0.667. The van der Waals surface area contributed by atoms with Gasteiger partial charge in [0.25, 0.3) is 0 Å². The minimum atomic E-state index is -0.241. The van der Waals surface area contributed by atoms with Gasteiger partial charge in [-0.05, 0) is 77.1 Å². The van der Waals surface area contributed by atoms with Crippen LogP contribution in [0.25, 0.3) is 10.8 Å². The van der Waals surface area contributed by atoms with Crippen LogP contribution in [0, 0.1) is 0 Å². The van der Waals surface area contributed by atoms with E-state index in [2.05, 4.69) is 97.8 Å². The molecule has 0 radical (unpaired) electrons. The molecule has 3 unspecified atom stereocenters. The normalized spacial score (nSPS) is 24.4. The van der Waals surface area contributed by atoms with Crippen LogP contribution in [0.1, 0.15) is 91.2 Å². The molecule has 0 aromatic heterocycles. The molecule has 2 aliphatic heterocycles. The van der Waals surface area contributed by atoms with Gasteiger partial charge in [-0.25, -0.2) is 0 Å². The van der Waals surface area contributed by atoms with E-state index in [1.54, 1.807) is 11.1 Å². The van der Waals surface area contributed by atoms with Crippen LogP contribution in [-0.4, -0.2) is 35.5 Å². The SMILES string of the molecule is CC(C)(C)P(Cc1c(C(P)(C2CCCCN2)C2CCCCN2)ccc2ccccc12)C(C)(C)C. The van der Waals surface area contributed by atoms with Gasteiger partial charge in [0.05, 0.1) is 0 Å². The van der Waals surface area contributed by atoms with E-state index in [-0.39, 0.29) is 13.1 Å². The number of rotatable bonds is 5. The average molecular weight is 499 g/mol. The fourth-order valence-corrected chi connectivity index (χ4v) is 11.1. The zero-order valence-corrected chi connectivity index (χ0v) is 24.6. The van der Waals surface area contributed by atoms with E-state index >= 15 is 0 Å². The van der Waals surface area contributed by atoms with Crippen molar-refractivity contribution in [3.63, 3.8) is 0 Å². The molecule has 4 rings (SSSR count). The van der Waals surface area contributed by atoms with Gasteiger partial charge in [0.15, 0.2) is 0 Å². The smallest absolute Gasteiger partial charge is 0.0405 e. The molecular formula is C30H48N2P2. The predicted octanol–water partition coefficient (Wildman–Crippen LogP) is 7.77. The number of benzene rings is 2. The Morgan fingerprint density at radius 3 is 1.85 bits per heavy atom. The Morgan fingerprint density at radius 1 is 0.794 bits per heavy atom. The lowest BCUT2D eigenvalue weighted by molar-refractivity contribution is 0.238. The van der Waals surface area contributed by atoms with Crippen LogP contribution in [0.4, 0.5) is 0 Å². The Balaban J connectivity index is 1.92. The molecule has 0 aliphatic carbocycles. The van der Waals surface area contributed by atoms with Crippen LogP contribution >= 0.6 is 17.2 Å². The van der Waals surface area contributed by atoms with Gasteiger partial charge in [-0.1, -0.05) is 98.7 Å². The van der Waals surface area contributed by atoms with Crippen molar-refractivity contribution in [2.45, 2.75) is 114 Å². The Bertz CT molecular complexity index is 928. The third-order valence-corrected chi connectivity index (χ3v) is 13.2. The summed E-state index contributed by atoms with van der Waals surface area (Å²) < 4.78 is 0. The molecule has 0 saturated carbocycles. The highest BCUT2D eigenvalue weighted by atomic mass is 31.1. The number of nitrogens with one attached hydrogen (secondary N) is 2. The second-order valence-corrected chi connectivity index (χ2v) is 17.5. The molecule has 2 aromatic rings. The number of hydrogen-bond acceptors (Lipinski definition) is 2. The molecule has 4 heteroatoms. The Kier molecular flexibility index (Phi) is 8.16. The third kappa shape index (κ3) is 5.42. The van der Waals surface area contributed by atoms with E-state index < -0.39 is 0 Å². The lowest BCUT2D eigenvalue weighted by atomic mass is 9.75. The van der Waals surface area contributed by atoms with Crippen molar-refractivity contribution in [2.24, 2.45) is 0 Å². The highest BCUT2D eigenvalue weighted by molar-refractivity contribution is 7.60. The summed E-state index contributed by atoms with van der Waals surface area (Å²) >= 11 is 0. The maximum Gasteiger partial charge on any atom is 0.0405 e. The molecule has 2 aromatic carbocycles. The summed E-state index contributed by atoms with van der Waals surface area (Å²) in [4.78, 5) is 0. The summed E-state index contributed by atoms with van der Waals surface area (Å²) in [6, 6.07) is 15.0. The highest BCUT2D eigenvalue weighted by Crippen LogP contribution is 2.62. The summed E-state index contributed by atoms with van der Waals surface area (Å²) in [6.07, 6.45) is 9.00. The Morgan fingerprint density at radius 2 is 1.35 bits per heavy atom. The molecule has 2 aliphatic rings. The molecule has 34 heavy (non-hydrogen) atoms. The monoisotopic (exact) mass is 498 g/mol. The molecule has 2 heterocycles. The van der Waals surface area contributed by atoms with Gasteiger partial charge in [0, 0.05) is 17.2 Å². The Labute approximate surface area is 212 Å². The van der Waals surface area contributed by atoms with Crippen molar-refractivity contribution < 1.29 is 0 Å². The van der Waals surface area contributed by atoms with Crippen molar-refractivity contribution >= 4 is 27.9 Å². The number of piperidine rings is 2. The lowest BCUT2D eigenvalue weighted by Crippen LogP contribution is -2.58. The minimum Gasteiger partial charge on any atom is -0.313 e. The molecule has 188 valence electrons. The lowest BCUT2D eigenvalue weighted by Gasteiger charge is -2.49. The van der Waals surface area contributed by atoms with Crippen molar-refractivity contribution in [3.8, 4) is 0 Å². The number of hydrogen-bond donors (Lipinski definition) is 2. The fourth-order valence-electron chi connectivity index (χ4n) is 6.69. The molecule has 0 spiro atoms. The summed E-state index contributed by atoms with van der Waals surface area (Å²) in [6.45, 7) is 17.1. The summed E-state index contributed by atoms with van der Waals surface area (Å²) in [5, 5.41) is 11.5. The van der Waals surface area contributed by atoms with Crippen LogP contribution in [0.2, 0.25) is 0 Å². The zero-order valence-electron chi connectivity index (χ0n) is 22.5. The van der Waals surface area contributed by atoms with Gasteiger partial charge in [-0.2, -0.15) is 0 Å². The molecular weight excluding hydrogens is 450 g/mol. The highest BCUT2D eigenvalue weighted by Gasteiger charge is 2.46. The summed E-state index contributed by atoms with van der Waals surface area (Å²) in [5.74, 6) is 0. The largest absolute Gasteiger partial charge is 0.313 e. The number of fused-ring (bicyclic) bond motifs is 1. The van der Waals surface area contributed by atoms with Gasteiger partial charge < -0.3 is 10.6 Å². The van der Waals surface area contributed by atoms with E-state index in [0.29, 0.717) is 22.4 Å². The quantitative estimate of drug-likeness (QED) is 0.412. The Hall–Kier alpha value is -0.520. The minimum absolute atomic E-state index is 0.0109. The van der Waals surface area contributed by atoms with E-state index in [0.717, 1.165) is 13.1 Å². The summed E-state index contributed by atoms with van der Waals surface area (Å²) in [7, 11) is 3.22. The van der Waals surface area contributed by atoms with Gasteiger partial charge >= 0.3 is 0 Å². The van der Waals surface area contributed by atoms with E-state index in [1.807, 2.05) is 0 Å². The molecule has 2 nitrogen and oxygen atoms in total. The van der Waals surface area contributed by atoms with Crippen molar-refractivity contribution in [3.05, 3.63) is 47.5 Å². The topological polar surface area (TPSA) is 24.1 Å². The first-order chi connectivity index (χ1) is 16.0. The molecule has 2 saturated heterocycles. The van der Waals surface area contributed by atoms with Crippen LogP contribution < -0.4 is 10.6 Å². The summed E-state index contributed by atoms with van der Waals surface area (Å²) in [5.41, 5.74) is 3.19. The average Bonchev–Trinajstić information content (AvgIpc) is 2.81. The maximum atomic E-state index is 3.99. The standard InChI is InChI=1S/C30H48N2P2/c1-28(2,3)34(29(4,5)6)21-24-23-14-8-7-13-22(23)17-18-25(24)30(33,26-15-9-11-19-31-26)27-16-10-12-20-32-27/h7-8,13-14,17-18,26-27,31-32H,9-12,15-16,19-21,33H2,1-6H3. The first kappa shape index (κ1) is 26.5. The van der Waals surface area contributed by atoms with Crippen LogP contribution in [0.15, 0.2) is 36.4 Å². The second-order valence-electron chi connectivity index (χ2n) is 12.7. The van der Waals surface area contributed by atoms with E-state index in [9.17, 15) is 0 Å². The van der Waals surface area contributed by atoms with Gasteiger partial charge in [-0.15, -0.1) is 9.24 Å². The molecule has 2 fully saturated rings. The second kappa shape index (κ2) is 10.5. The van der Waals surface area contributed by atoms with Crippen molar-refractivity contribution in [1.29, 1.82) is 0 Å². The molecule has 2 N–H and O–H groups in total. The van der Waals surface area contributed by atoms with Crippen LogP contribution in [0.5, 0.6) is 0 Å². The third-order valence-electron chi connectivity index (χ3n) is 8.22. The zero-order chi connectivity index (χ0) is 24.6. The van der Waals surface area contributed by atoms with Crippen molar-refractivity contribution in [2.75, 3.05) is 13.1 Å². The predicted molar refractivity (Wildman–Crippen MR) is 157 cm³/mol. The van der Waals surface area contributed by atoms with E-state index in [4.69, 9.17) is 0 Å². The van der Waals surface area contributed by atoms with E-state index in [1.165, 1.54) is 55.5 Å². The van der Waals surface area contributed by atoms with Gasteiger partial charge in [0.2, 0.25) is 0 Å². The maximum absolute atomic E-state index is 3.99. The molecule has 0 amide bonds. The molecule has 3 atom stereocenters. The molecule has 0 bridgehead atoms. The van der Waals surface area contributed by atoms with Crippen LogP contribution in [0.3, 0.4) is 0 Å². The first-order valence-electron chi connectivity index (χ1n) is 13.6. The van der Waals surface area contributed by atoms with Gasteiger partial charge in [-0.3, -0.25) is 0 Å². The van der Waals surface area contributed by atoms with Crippen LogP contribution in [-0.2, 0) is 11.3 Å². The first-order valence-corrected chi connectivity index (χ1v) is 15.7.